The average molecular weight is 87.1 g/mol. The summed E-state index contributed by atoms with van der Waals surface area (Å²) < 4.78 is 11.1. The summed E-state index contributed by atoms with van der Waals surface area (Å²) in [5, 5.41) is 0. The highest BCUT2D eigenvalue weighted by Gasteiger charge is 1.62. The second kappa shape index (κ2) is 4.67. The van der Waals surface area contributed by atoms with Crippen LogP contribution in [0.4, 0.5) is 4.39 Å². The maximum absolute atomic E-state index is 11.1. The van der Waals surface area contributed by atoms with Crippen LogP contribution in [-0.2, 0) is 0 Å². The van der Waals surface area contributed by atoms with Gasteiger partial charge in [0.15, 0.2) is 0 Å². The van der Waals surface area contributed by atoms with Gasteiger partial charge in [0, 0.05) is 0 Å². The predicted molar refractivity (Wildman–Crippen MR) is 25.1 cm³/mol. The SMILES string of the molecule is [CH2]CC=CCF. The molecule has 0 bridgehead atoms. The molecular weight excluding hydrogens is 79.1 g/mol. The van der Waals surface area contributed by atoms with Crippen LogP contribution in [0.5, 0.6) is 0 Å². The molecule has 1 heteroatoms. The van der Waals surface area contributed by atoms with E-state index in [1.165, 1.54) is 6.08 Å². The van der Waals surface area contributed by atoms with Crippen molar-refractivity contribution in [2.24, 2.45) is 0 Å². The third kappa shape index (κ3) is 3.67. The molecule has 0 saturated heterocycles. The molecule has 0 unspecified atom stereocenters. The molecular formula is C5H8F. The lowest BCUT2D eigenvalue weighted by Gasteiger charge is -1.70. The van der Waals surface area contributed by atoms with Crippen molar-refractivity contribution in [2.45, 2.75) is 6.42 Å². The number of allylic oxidation sites excluding steroid dienone is 2. The number of halogens is 1. The lowest BCUT2D eigenvalue weighted by atomic mass is 10.4. The van der Waals surface area contributed by atoms with Gasteiger partial charge >= 0.3 is 0 Å². The second-order valence-electron chi connectivity index (χ2n) is 0.914. The monoisotopic (exact) mass is 87.1 g/mol. The number of hydrogen-bond donors (Lipinski definition) is 0. The fraction of sp³-hybridized carbons (Fsp3) is 0.400. The van der Waals surface area contributed by atoms with E-state index in [4.69, 9.17) is 0 Å². The van der Waals surface area contributed by atoms with Crippen molar-refractivity contribution < 1.29 is 4.39 Å². The summed E-state index contributed by atoms with van der Waals surface area (Å²) in [6.07, 6.45) is 3.83. The van der Waals surface area contributed by atoms with Gasteiger partial charge in [0.25, 0.3) is 0 Å². The van der Waals surface area contributed by atoms with E-state index in [9.17, 15) is 4.39 Å². The van der Waals surface area contributed by atoms with Gasteiger partial charge in [-0.3, -0.25) is 0 Å². The molecule has 1 radical (unpaired) electrons. The summed E-state index contributed by atoms with van der Waals surface area (Å²) in [5.74, 6) is 0. The second-order valence-corrected chi connectivity index (χ2v) is 0.914. The van der Waals surface area contributed by atoms with Crippen LogP contribution in [0, 0.1) is 6.92 Å². The van der Waals surface area contributed by atoms with Crippen molar-refractivity contribution in [3.63, 3.8) is 0 Å². The first-order valence-corrected chi connectivity index (χ1v) is 1.92. The van der Waals surface area contributed by atoms with Crippen LogP contribution >= 0.6 is 0 Å². The quantitative estimate of drug-likeness (QED) is 0.450. The smallest absolute Gasteiger partial charge is 0.108 e. The number of hydrogen-bond acceptors (Lipinski definition) is 0. The zero-order chi connectivity index (χ0) is 4.83. The van der Waals surface area contributed by atoms with Gasteiger partial charge in [-0.25, -0.2) is 4.39 Å². The van der Waals surface area contributed by atoms with E-state index in [0.29, 0.717) is 6.42 Å². The first-order valence-electron chi connectivity index (χ1n) is 1.92. The van der Waals surface area contributed by atoms with Crippen molar-refractivity contribution in [1.29, 1.82) is 0 Å². The summed E-state index contributed by atoms with van der Waals surface area (Å²) in [6, 6.07) is 0. The Bertz CT molecular complexity index is 33.2. The summed E-state index contributed by atoms with van der Waals surface area (Å²) in [7, 11) is 0. The zero-order valence-electron chi connectivity index (χ0n) is 3.65. The molecule has 0 atom stereocenters. The van der Waals surface area contributed by atoms with Gasteiger partial charge in [-0.1, -0.05) is 12.2 Å². The minimum absolute atomic E-state index is 0.366. The molecule has 0 aliphatic carbocycles. The van der Waals surface area contributed by atoms with Crippen LogP contribution < -0.4 is 0 Å². The molecule has 0 N–H and O–H groups in total. The first kappa shape index (κ1) is 5.67. The summed E-state index contributed by atoms with van der Waals surface area (Å²) in [4.78, 5) is 0. The Morgan fingerprint density at radius 2 is 2.17 bits per heavy atom. The standard InChI is InChI=1S/C5H8F/c1-2-3-4-5-6/h3-4H,1-2,5H2. The maximum atomic E-state index is 11.1. The van der Waals surface area contributed by atoms with Crippen LogP contribution in [0.1, 0.15) is 6.42 Å². The third-order valence-electron chi connectivity index (χ3n) is 0.422. The van der Waals surface area contributed by atoms with Crippen molar-refractivity contribution in [2.75, 3.05) is 6.67 Å². The van der Waals surface area contributed by atoms with Crippen LogP contribution in [-0.4, -0.2) is 6.67 Å². The Morgan fingerprint density at radius 1 is 1.50 bits per heavy atom. The third-order valence-corrected chi connectivity index (χ3v) is 0.422. The molecule has 0 aromatic rings. The van der Waals surface area contributed by atoms with E-state index in [2.05, 4.69) is 6.92 Å². The van der Waals surface area contributed by atoms with Gasteiger partial charge in [0.2, 0.25) is 0 Å². The molecule has 0 amide bonds. The highest BCUT2D eigenvalue weighted by Crippen LogP contribution is 1.77. The molecule has 0 aromatic heterocycles. The Morgan fingerprint density at radius 3 is 2.33 bits per heavy atom. The predicted octanol–water partition coefficient (Wildman–Crippen LogP) is 1.74. The van der Waals surface area contributed by atoms with E-state index in [0.717, 1.165) is 0 Å². The number of rotatable bonds is 2. The molecule has 0 aliphatic heterocycles. The van der Waals surface area contributed by atoms with Gasteiger partial charge in [0.1, 0.15) is 6.67 Å². The van der Waals surface area contributed by atoms with Crippen molar-refractivity contribution in [3.05, 3.63) is 19.1 Å². The maximum Gasteiger partial charge on any atom is 0.108 e. The lowest BCUT2D eigenvalue weighted by molar-refractivity contribution is 0.561. The van der Waals surface area contributed by atoms with Crippen molar-refractivity contribution in [1.82, 2.24) is 0 Å². The van der Waals surface area contributed by atoms with E-state index >= 15 is 0 Å². The fourth-order valence-corrected chi connectivity index (χ4v) is 0.181. The summed E-state index contributed by atoms with van der Waals surface area (Å²) in [5.41, 5.74) is 0. The normalized spacial score (nSPS) is 10.3. The minimum Gasteiger partial charge on any atom is -0.247 e. The van der Waals surface area contributed by atoms with Crippen molar-refractivity contribution in [3.8, 4) is 0 Å². The fourth-order valence-electron chi connectivity index (χ4n) is 0.181. The van der Waals surface area contributed by atoms with Gasteiger partial charge in [-0.15, -0.1) is 0 Å². The summed E-state index contributed by atoms with van der Waals surface area (Å²) in [6.45, 7) is 3.10. The average Bonchev–Trinajstić information content (AvgIpc) is 1.61. The van der Waals surface area contributed by atoms with E-state index in [1.807, 2.05) is 0 Å². The minimum atomic E-state index is -0.366. The van der Waals surface area contributed by atoms with E-state index < -0.39 is 0 Å². The van der Waals surface area contributed by atoms with E-state index in [1.54, 1.807) is 6.08 Å². The Balaban J connectivity index is 2.73. The first-order chi connectivity index (χ1) is 2.91. The Labute approximate surface area is 37.7 Å². The van der Waals surface area contributed by atoms with Crippen LogP contribution in [0.2, 0.25) is 0 Å². The number of alkyl halides is 1. The van der Waals surface area contributed by atoms with Crippen molar-refractivity contribution >= 4 is 0 Å². The van der Waals surface area contributed by atoms with Crippen LogP contribution in [0.25, 0.3) is 0 Å². The molecule has 0 rings (SSSR count). The topological polar surface area (TPSA) is 0 Å². The van der Waals surface area contributed by atoms with Gasteiger partial charge in [-0.2, -0.15) is 0 Å². The Kier molecular flexibility index (Phi) is 4.41. The molecule has 6 heavy (non-hydrogen) atoms. The summed E-state index contributed by atoms with van der Waals surface area (Å²) >= 11 is 0. The molecule has 0 heterocycles. The molecule has 35 valence electrons. The molecule has 0 spiro atoms. The molecule has 0 saturated carbocycles. The van der Waals surface area contributed by atoms with Crippen LogP contribution in [0.3, 0.4) is 0 Å². The van der Waals surface area contributed by atoms with Crippen LogP contribution in [0.15, 0.2) is 12.2 Å². The largest absolute Gasteiger partial charge is 0.247 e. The van der Waals surface area contributed by atoms with Gasteiger partial charge < -0.3 is 0 Å². The highest BCUT2D eigenvalue weighted by atomic mass is 19.1. The molecule has 0 fully saturated rings. The molecule has 0 aromatic carbocycles. The van der Waals surface area contributed by atoms with Gasteiger partial charge in [0.05, 0.1) is 0 Å². The zero-order valence-corrected chi connectivity index (χ0v) is 3.65. The lowest BCUT2D eigenvalue weighted by Crippen LogP contribution is -1.58. The highest BCUT2D eigenvalue weighted by molar-refractivity contribution is 4.80. The Hall–Kier alpha value is -0.330. The van der Waals surface area contributed by atoms with E-state index in [-0.39, 0.29) is 6.67 Å². The van der Waals surface area contributed by atoms with Gasteiger partial charge in [-0.05, 0) is 13.3 Å². The molecule has 0 nitrogen and oxygen atoms in total. The molecule has 0 aliphatic rings.